The molecule has 0 radical (unpaired) electrons. The fraction of sp³-hybridized carbons (Fsp3) is 0.0769. The molecule has 0 spiro atoms. The summed E-state index contributed by atoms with van der Waals surface area (Å²) in [7, 11) is 3.72. The fourth-order valence-corrected chi connectivity index (χ4v) is 1.85. The van der Waals surface area contributed by atoms with Gasteiger partial charge in [-0.1, -0.05) is 17.7 Å². The van der Waals surface area contributed by atoms with Gasteiger partial charge in [0.2, 0.25) is 0 Å². The van der Waals surface area contributed by atoms with Crippen LogP contribution >= 0.6 is 11.6 Å². The van der Waals surface area contributed by atoms with Gasteiger partial charge in [0.1, 0.15) is 13.7 Å². The fourth-order valence-electron chi connectivity index (χ4n) is 1.73. The van der Waals surface area contributed by atoms with E-state index in [1.807, 2.05) is 13.9 Å². The number of hydrogen-bond donors (Lipinski definition) is 1. The average molecular weight is 259 g/mol. The molecule has 0 saturated carbocycles. The van der Waals surface area contributed by atoms with Gasteiger partial charge in [0.05, 0.1) is 0 Å². The van der Waals surface area contributed by atoms with Crippen LogP contribution in [0.5, 0.6) is 0 Å². The molecule has 0 aliphatic rings. The number of carbonyl (C=O) groups is 1. The minimum Gasteiger partial charge on any atom is -0.374 e. The van der Waals surface area contributed by atoms with E-state index >= 15 is 0 Å². The van der Waals surface area contributed by atoms with Crippen molar-refractivity contribution in [2.75, 3.05) is 12.4 Å². The second-order valence-electron chi connectivity index (χ2n) is 3.98. The van der Waals surface area contributed by atoms with E-state index in [0.717, 1.165) is 11.3 Å². The van der Waals surface area contributed by atoms with Gasteiger partial charge in [0, 0.05) is 29.4 Å². The van der Waals surface area contributed by atoms with Crippen LogP contribution < -0.4 is 10.8 Å². The predicted octanol–water partition coefficient (Wildman–Crippen LogP) is 1.27. The van der Waals surface area contributed by atoms with Crippen molar-refractivity contribution in [1.82, 2.24) is 4.98 Å². The third-order valence-electron chi connectivity index (χ3n) is 2.68. The summed E-state index contributed by atoms with van der Waals surface area (Å²) in [6, 6.07) is 8.67. The van der Waals surface area contributed by atoms with E-state index in [0.29, 0.717) is 16.1 Å². The Morgan fingerprint density at radius 2 is 1.94 bits per heavy atom. The minimum atomic E-state index is -0.0510. The van der Waals surface area contributed by atoms with E-state index in [1.165, 1.54) is 0 Å². The first-order chi connectivity index (χ1) is 8.61. The van der Waals surface area contributed by atoms with E-state index in [1.54, 1.807) is 37.5 Å². The van der Waals surface area contributed by atoms with E-state index < -0.39 is 0 Å². The molecule has 0 fully saturated rings. The highest BCUT2D eigenvalue weighted by atomic mass is 35.5. The summed E-state index contributed by atoms with van der Waals surface area (Å²) in [5.41, 5.74) is 2.13. The molecule has 0 aliphatic heterocycles. The molecule has 90 valence electrons. The average Bonchev–Trinajstić information content (AvgIpc) is 2.38. The van der Waals surface area contributed by atoms with Crippen LogP contribution in [0.1, 0.15) is 15.9 Å². The molecule has 0 atom stereocenters. The zero-order valence-electron chi connectivity index (χ0n) is 10.2. The van der Waals surface area contributed by atoms with Crippen molar-refractivity contribution in [2.24, 2.45) is 0 Å². The number of halogens is 1. The Balaban J connectivity index is 2.34. The van der Waals surface area contributed by atoms with Crippen LogP contribution in [0.25, 0.3) is 0 Å². The molecule has 2 rings (SSSR count). The molecular formula is C13H12BClN2O. The van der Waals surface area contributed by atoms with E-state index in [-0.39, 0.29) is 5.78 Å². The Bertz CT molecular complexity index is 584. The molecule has 0 amide bonds. The molecule has 1 N–H and O–H groups in total. The number of carbonyl (C=O) groups excluding carboxylic acids is 1. The highest BCUT2D eigenvalue weighted by molar-refractivity contribution is 6.36. The summed E-state index contributed by atoms with van der Waals surface area (Å²) in [5, 5.41) is 3.59. The number of aromatic nitrogens is 1. The summed E-state index contributed by atoms with van der Waals surface area (Å²) in [4.78, 5) is 16.4. The molecular weight excluding hydrogens is 246 g/mol. The zero-order chi connectivity index (χ0) is 13.1. The first kappa shape index (κ1) is 12.6. The maximum Gasteiger partial charge on any atom is 0.194 e. The lowest BCUT2D eigenvalue weighted by Crippen LogP contribution is -2.15. The molecule has 0 aliphatic carbocycles. The number of hydrogen-bond acceptors (Lipinski definition) is 3. The lowest BCUT2D eigenvalue weighted by molar-refractivity contribution is 0.103. The number of rotatable bonds is 3. The summed E-state index contributed by atoms with van der Waals surface area (Å²) >= 11 is 5.80. The van der Waals surface area contributed by atoms with Crippen LogP contribution in [-0.4, -0.2) is 25.7 Å². The van der Waals surface area contributed by atoms with Gasteiger partial charge in [-0.3, -0.25) is 4.79 Å². The molecule has 1 heterocycles. The maximum atomic E-state index is 12.2. The van der Waals surface area contributed by atoms with E-state index in [2.05, 4.69) is 10.3 Å². The third-order valence-corrected chi connectivity index (χ3v) is 2.94. The van der Waals surface area contributed by atoms with Gasteiger partial charge in [0.15, 0.2) is 5.78 Å². The van der Waals surface area contributed by atoms with Crippen molar-refractivity contribution >= 4 is 36.5 Å². The molecule has 5 heteroatoms. The standard InChI is InChI=1S/C13H12BClN2O/c1-16-13-11(14)6-9(7-17-13)12(18)8-2-4-10(15)5-3-8/h2-7H,14H2,1H3,(H,16,17). The monoisotopic (exact) mass is 258 g/mol. The largest absolute Gasteiger partial charge is 0.374 e. The second-order valence-corrected chi connectivity index (χ2v) is 4.41. The summed E-state index contributed by atoms with van der Waals surface area (Å²) in [6.45, 7) is 0. The number of pyridine rings is 1. The van der Waals surface area contributed by atoms with Crippen molar-refractivity contribution in [2.45, 2.75) is 0 Å². The SMILES string of the molecule is Bc1cc(C(=O)c2ccc(Cl)cc2)cnc1NC. The molecule has 3 nitrogen and oxygen atoms in total. The molecule has 2 aromatic rings. The molecule has 18 heavy (non-hydrogen) atoms. The van der Waals surface area contributed by atoms with Crippen LogP contribution in [0.15, 0.2) is 36.5 Å². The van der Waals surface area contributed by atoms with Gasteiger partial charge >= 0.3 is 0 Å². The molecule has 0 unspecified atom stereocenters. The van der Waals surface area contributed by atoms with Crippen molar-refractivity contribution in [3.8, 4) is 0 Å². The van der Waals surface area contributed by atoms with Crippen LogP contribution in [0, 0.1) is 0 Å². The number of ketones is 1. The predicted molar refractivity (Wildman–Crippen MR) is 76.8 cm³/mol. The van der Waals surface area contributed by atoms with E-state index in [9.17, 15) is 4.79 Å². The highest BCUT2D eigenvalue weighted by Gasteiger charge is 2.10. The highest BCUT2D eigenvalue weighted by Crippen LogP contribution is 2.13. The quantitative estimate of drug-likeness (QED) is 0.666. The van der Waals surface area contributed by atoms with Crippen LogP contribution in [0.2, 0.25) is 5.02 Å². The van der Waals surface area contributed by atoms with Gasteiger partial charge in [-0.25, -0.2) is 4.98 Å². The number of benzene rings is 1. The number of anilines is 1. The summed E-state index contributed by atoms with van der Waals surface area (Å²) in [5.74, 6) is 0.729. The Morgan fingerprint density at radius 3 is 2.50 bits per heavy atom. The van der Waals surface area contributed by atoms with Crippen molar-refractivity contribution < 1.29 is 4.79 Å². The first-order valence-corrected chi connectivity index (χ1v) is 5.94. The number of nitrogens with one attached hydrogen (secondary N) is 1. The van der Waals surface area contributed by atoms with Gasteiger partial charge in [-0.2, -0.15) is 0 Å². The van der Waals surface area contributed by atoms with Gasteiger partial charge < -0.3 is 5.32 Å². The lowest BCUT2D eigenvalue weighted by atomic mass is 9.93. The first-order valence-electron chi connectivity index (χ1n) is 5.56. The van der Waals surface area contributed by atoms with Crippen LogP contribution in [0.3, 0.4) is 0 Å². The summed E-state index contributed by atoms with van der Waals surface area (Å²) < 4.78 is 0. The Kier molecular flexibility index (Phi) is 3.67. The smallest absolute Gasteiger partial charge is 0.194 e. The van der Waals surface area contributed by atoms with Gasteiger partial charge in [-0.15, -0.1) is 0 Å². The maximum absolute atomic E-state index is 12.2. The normalized spacial score (nSPS) is 10.1. The number of nitrogens with zero attached hydrogens (tertiary/aromatic N) is 1. The second kappa shape index (κ2) is 5.23. The molecule has 0 bridgehead atoms. The molecule has 1 aromatic heterocycles. The minimum absolute atomic E-state index is 0.0510. The summed E-state index contributed by atoms with van der Waals surface area (Å²) in [6.07, 6.45) is 1.58. The van der Waals surface area contributed by atoms with E-state index in [4.69, 9.17) is 11.6 Å². The Labute approximate surface area is 112 Å². The molecule has 1 aromatic carbocycles. The molecule has 0 saturated heterocycles. The van der Waals surface area contributed by atoms with Crippen LogP contribution in [-0.2, 0) is 0 Å². The lowest BCUT2D eigenvalue weighted by Gasteiger charge is -2.06. The Morgan fingerprint density at radius 1 is 1.28 bits per heavy atom. The topological polar surface area (TPSA) is 42.0 Å². The van der Waals surface area contributed by atoms with Crippen molar-refractivity contribution in [1.29, 1.82) is 0 Å². The van der Waals surface area contributed by atoms with Crippen molar-refractivity contribution in [3.05, 3.63) is 52.7 Å². The van der Waals surface area contributed by atoms with Crippen molar-refractivity contribution in [3.63, 3.8) is 0 Å². The zero-order valence-corrected chi connectivity index (χ0v) is 11.0. The third kappa shape index (κ3) is 2.54. The van der Waals surface area contributed by atoms with Gasteiger partial charge in [0.25, 0.3) is 0 Å². The van der Waals surface area contributed by atoms with Gasteiger partial charge in [-0.05, 0) is 29.7 Å². The Hall–Kier alpha value is -1.81. The van der Waals surface area contributed by atoms with Crippen LogP contribution in [0.4, 0.5) is 5.82 Å².